The summed E-state index contributed by atoms with van der Waals surface area (Å²) in [6.45, 7) is 1.77. The molecule has 1 atom stereocenters. The summed E-state index contributed by atoms with van der Waals surface area (Å²) in [6, 6.07) is 0.646. The van der Waals surface area contributed by atoms with Crippen molar-refractivity contribution in [3.05, 3.63) is 12.2 Å². The lowest BCUT2D eigenvalue weighted by Crippen LogP contribution is -2.35. The summed E-state index contributed by atoms with van der Waals surface area (Å²) >= 11 is 0. The molecule has 2 heteroatoms. The average Bonchev–Trinajstić information content (AvgIpc) is 2.07. The Balaban J connectivity index is 2.32. The molecule has 0 saturated heterocycles. The highest BCUT2D eigenvalue weighted by Gasteiger charge is 2.11. The van der Waals surface area contributed by atoms with Crippen LogP contribution in [0.25, 0.3) is 0 Å². The van der Waals surface area contributed by atoms with Crippen molar-refractivity contribution >= 4 is 0 Å². The van der Waals surface area contributed by atoms with E-state index in [9.17, 15) is 0 Å². The first kappa shape index (κ1) is 8.75. The highest BCUT2D eigenvalue weighted by atomic mass is 15.1. The van der Waals surface area contributed by atoms with Crippen LogP contribution in [0, 0.1) is 0 Å². The van der Waals surface area contributed by atoms with Crippen LogP contribution in [0.3, 0.4) is 0 Å². The standard InChI is InChI=1S/C9H18N2/c1-11(8-7-10)9-5-3-2-4-6-9/h3,5,9H,2,4,6-8,10H2,1H3. The number of likely N-dealkylation sites (N-methyl/N-ethyl adjacent to an activating group) is 1. The topological polar surface area (TPSA) is 29.3 Å². The summed E-state index contributed by atoms with van der Waals surface area (Å²) in [5, 5.41) is 0. The molecule has 0 fully saturated rings. The molecule has 0 aromatic rings. The minimum absolute atomic E-state index is 0.646. The molecule has 0 aliphatic heterocycles. The van der Waals surface area contributed by atoms with Gasteiger partial charge in [0.15, 0.2) is 0 Å². The van der Waals surface area contributed by atoms with Gasteiger partial charge in [0.2, 0.25) is 0 Å². The lowest BCUT2D eigenvalue weighted by atomic mass is 10.0. The van der Waals surface area contributed by atoms with Crippen LogP contribution in [0.1, 0.15) is 19.3 Å². The first-order chi connectivity index (χ1) is 5.34. The molecule has 0 spiro atoms. The van der Waals surface area contributed by atoms with Crippen LogP contribution >= 0.6 is 0 Å². The Kier molecular flexibility index (Phi) is 3.60. The zero-order valence-corrected chi connectivity index (χ0v) is 7.29. The molecule has 0 bridgehead atoms. The van der Waals surface area contributed by atoms with Gasteiger partial charge in [0.25, 0.3) is 0 Å². The molecule has 0 aromatic carbocycles. The zero-order valence-electron chi connectivity index (χ0n) is 7.29. The Morgan fingerprint density at radius 1 is 1.64 bits per heavy atom. The number of rotatable bonds is 3. The minimum atomic E-state index is 0.646. The molecule has 2 nitrogen and oxygen atoms in total. The second-order valence-corrected chi connectivity index (χ2v) is 3.20. The van der Waals surface area contributed by atoms with Gasteiger partial charge in [-0.1, -0.05) is 12.2 Å². The Hall–Kier alpha value is -0.340. The van der Waals surface area contributed by atoms with Crippen molar-refractivity contribution in [1.29, 1.82) is 0 Å². The fourth-order valence-electron chi connectivity index (χ4n) is 1.53. The third kappa shape index (κ3) is 2.64. The summed E-state index contributed by atoms with van der Waals surface area (Å²) in [4.78, 5) is 2.33. The number of nitrogens with zero attached hydrogens (tertiary/aromatic N) is 1. The molecule has 0 heterocycles. The number of hydrogen-bond acceptors (Lipinski definition) is 2. The van der Waals surface area contributed by atoms with Crippen LogP contribution in [-0.4, -0.2) is 31.1 Å². The lowest BCUT2D eigenvalue weighted by Gasteiger charge is -2.26. The van der Waals surface area contributed by atoms with E-state index in [2.05, 4.69) is 24.1 Å². The summed E-state index contributed by atoms with van der Waals surface area (Å²) in [7, 11) is 2.15. The smallest absolute Gasteiger partial charge is 0.0275 e. The van der Waals surface area contributed by atoms with E-state index in [1.165, 1.54) is 19.3 Å². The molecule has 0 aromatic heterocycles. The van der Waals surface area contributed by atoms with Gasteiger partial charge in [-0.3, -0.25) is 4.90 Å². The zero-order chi connectivity index (χ0) is 8.10. The second kappa shape index (κ2) is 4.52. The van der Waals surface area contributed by atoms with E-state index in [1.807, 2.05) is 0 Å². The van der Waals surface area contributed by atoms with Gasteiger partial charge >= 0.3 is 0 Å². The molecule has 1 rings (SSSR count). The second-order valence-electron chi connectivity index (χ2n) is 3.20. The van der Waals surface area contributed by atoms with Crippen molar-refractivity contribution in [3.8, 4) is 0 Å². The van der Waals surface area contributed by atoms with Crippen molar-refractivity contribution in [3.63, 3.8) is 0 Å². The van der Waals surface area contributed by atoms with Crippen molar-refractivity contribution < 1.29 is 0 Å². The molecule has 0 radical (unpaired) electrons. The summed E-state index contributed by atoms with van der Waals surface area (Å²) < 4.78 is 0. The van der Waals surface area contributed by atoms with E-state index in [0.717, 1.165) is 13.1 Å². The molecule has 11 heavy (non-hydrogen) atoms. The molecule has 2 N–H and O–H groups in total. The maximum atomic E-state index is 5.47. The molecular weight excluding hydrogens is 136 g/mol. The normalized spacial score (nSPS) is 24.5. The van der Waals surface area contributed by atoms with Gasteiger partial charge in [0.1, 0.15) is 0 Å². The fourth-order valence-corrected chi connectivity index (χ4v) is 1.53. The predicted molar refractivity (Wildman–Crippen MR) is 48.5 cm³/mol. The predicted octanol–water partition coefficient (Wildman–Crippen LogP) is 0.986. The van der Waals surface area contributed by atoms with Gasteiger partial charge in [-0.15, -0.1) is 0 Å². The first-order valence-electron chi connectivity index (χ1n) is 4.41. The lowest BCUT2D eigenvalue weighted by molar-refractivity contribution is 0.269. The average molecular weight is 154 g/mol. The van der Waals surface area contributed by atoms with Crippen LogP contribution in [-0.2, 0) is 0 Å². The van der Waals surface area contributed by atoms with Crippen LogP contribution in [0.4, 0.5) is 0 Å². The Bertz CT molecular complexity index is 132. The number of nitrogens with two attached hydrogens (primary N) is 1. The quantitative estimate of drug-likeness (QED) is 0.614. The molecule has 1 unspecified atom stereocenters. The van der Waals surface area contributed by atoms with Crippen molar-refractivity contribution in [2.45, 2.75) is 25.3 Å². The Morgan fingerprint density at radius 2 is 2.45 bits per heavy atom. The summed E-state index contributed by atoms with van der Waals surface area (Å²) in [6.07, 6.45) is 8.47. The maximum absolute atomic E-state index is 5.47. The summed E-state index contributed by atoms with van der Waals surface area (Å²) in [5.41, 5.74) is 5.47. The molecule has 64 valence electrons. The van der Waals surface area contributed by atoms with E-state index in [0.29, 0.717) is 6.04 Å². The van der Waals surface area contributed by atoms with Gasteiger partial charge in [-0.25, -0.2) is 0 Å². The fraction of sp³-hybridized carbons (Fsp3) is 0.778. The van der Waals surface area contributed by atoms with E-state index < -0.39 is 0 Å². The third-order valence-corrected chi connectivity index (χ3v) is 2.28. The Labute approximate surface area is 69.1 Å². The first-order valence-corrected chi connectivity index (χ1v) is 4.41. The van der Waals surface area contributed by atoms with Crippen LogP contribution in [0.5, 0.6) is 0 Å². The van der Waals surface area contributed by atoms with E-state index >= 15 is 0 Å². The van der Waals surface area contributed by atoms with Gasteiger partial charge in [0.05, 0.1) is 0 Å². The van der Waals surface area contributed by atoms with Crippen molar-refractivity contribution in [1.82, 2.24) is 4.90 Å². The van der Waals surface area contributed by atoms with Gasteiger partial charge in [0, 0.05) is 19.1 Å². The van der Waals surface area contributed by atoms with Crippen LogP contribution in [0.15, 0.2) is 12.2 Å². The molecule has 0 saturated carbocycles. The highest BCUT2D eigenvalue weighted by Crippen LogP contribution is 2.14. The molecule has 0 amide bonds. The summed E-state index contributed by atoms with van der Waals surface area (Å²) in [5.74, 6) is 0. The van der Waals surface area contributed by atoms with E-state index in [4.69, 9.17) is 5.73 Å². The van der Waals surface area contributed by atoms with Crippen LogP contribution < -0.4 is 5.73 Å². The van der Waals surface area contributed by atoms with Gasteiger partial charge < -0.3 is 5.73 Å². The number of hydrogen-bond donors (Lipinski definition) is 1. The third-order valence-electron chi connectivity index (χ3n) is 2.28. The molecule has 1 aliphatic carbocycles. The monoisotopic (exact) mass is 154 g/mol. The number of allylic oxidation sites excluding steroid dienone is 1. The van der Waals surface area contributed by atoms with E-state index in [1.54, 1.807) is 0 Å². The highest BCUT2D eigenvalue weighted by molar-refractivity contribution is 4.97. The minimum Gasteiger partial charge on any atom is -0.329 e. The van der Waals surface area contributed by atoms with E-state index in [-0.39, 0.29) is 0 Å². The van der Waals surface area contributed by atoms with Crippen molar-refractivity contribution in [2.75, 3.05) is 20.1 Å². The van der Waals surface area contributed by atoms with Crippen LogP contribution in [0.2, 0.25) is 0 Å². The molecular formula is C9H18N2. The maximum Gasteiger partial charge on any atom is 0.0275 e. The largest absolute Gasteiger partial charge is 0.329 e. The molecule has 1 aliphatic rings. The SMILES string of the molecule is CN(CCN)C1C=CCCC1. The van der Waals surface area contributed by atoms with Gasteiger partial charge in [-0.05, 0) is 26.3 Å². The Morgan fingerprint density at radius 3 is 3.00 bits per heavy atom. The van der Waals surface area contributed by atoms with Crippen molar-refractivity contribution in [2.24, 2.45) is 5.73 Å². The van der Waals surface area contributed by atoms with Gasteiger partial charge in [-0.2, -0.15) is 0 Å².